The Hall–Kier alpha value is -1.02. The summed E-state index contributed by atoms with van der Waals surface area (Å²) in [5.41, 5.74) is 0. The maximum absolute atomic E-state index is 12.9. The Morgan fingerprint density at radius 1 is 0.567 bits per heavy atom. The fraction of sp³-hybridized carbons (Fsp3) is 0.902. The number of nitrogens with zero attached hydrogens (tertiary/aromatic N) is 1. The first-order valence-corrected chi connectivity index (χ1v) is 27.2. The van der Waals surface area contributed by atoms with Gasteiger partial charge in [-0.25, -0.2) is 0 Å². The normalized spacial score (nSPS) is 14.3. The minimum Gasteiger partial charge on any atom is -0.756 e. The molecular weight excluding hydrogens is 768 g/mol. The third-order valence-electron chi connectivity index (χ3n) is 11.7. The number of quaternary nitrogens is 1. The van der Waals surface area contributed by atoms with Crippen LogP contribution < -0.4 is 10.2 Å². The van der Waals surface area contributed by atoms with Crippen LogP contribution in [-0.2, 0) is 18.4 Å². The second-order valence-corrected chi connectivity index (χ2v) is 20.3. The van der Waals surface area contributed by atoms with E-state index in [1.54, 1.807) is 6.08 Å². The van der Waals surface area contributed by atoms with Gasteiger partial charge >= 0.3 is 0 Å². The molecule has 0 aliphatic rings. The van der Waals surface area contributed by atoms with E-state index in [9.17, 15) is 19.4 Å². The van der Waals surface area contributed by atoms with Crippen molar-refractivity contribution in [1.29, 1.82) is 0 Å². The van der Waals surface area contributed by atoms with Crippen LogP contribution in [-0.4, -0.2) is 68.5 Å². The molecule has 0 bridgehead atoms. The standard InChI is InChI=1S/C51H101N2O6P/c1-6-8-10-12-14-16-18-20-21-22-23-24-25-26-27-28-29-30-31-32-33-35-37-39-41-43-45-51(55)52-49(48-59-60(56,57)58-47-46-53(3,4)5)50(54)44-42-40-38-36-34-19-17-15-13-11-9-7-2/h34,36,42,44,49-50,54H,6-33,35,37-41,43,45-48H2,1-5H3,(H-,52,55,56,57)/b36-34+,44-42+. The average Bonchev–Trinajstić information content (AvgIpc) is 3.20. The van der Waals surface area contributed by atoms with Gasteiger partial charge in [0.15, 0.2) is 0 Å². The summed E-state index contributed by atoms with van der Waals surface area (Å²) in [6.07, 6.45) is 52.5. The van der Waals surface area contributed by atoms with E-state index in [-0.39, 0.29) is 19.1 Å². The number of aliphatic hydroxyl groups excluding tert-OH is 1. The molecule has 1 amide bonds. The second-order valence-electron chi connectivity index (χ2n) is 18.9. The molecule has 0 rings (SSSR count). The van der Waals surface area contributed by atoms with Crippen molar-refractivity contribution in [3.8, 4) is 0 Å². The number of amides is 1. The van der Waals surface area contributed by atoms with Gasteiger partial charge in [0.25, 0.3) is 7.82 Å². The lowest BCUT2D eigenvalue weighted by molar-refractivity contribution is -0.870. The van der Waals surface area contributed by atoms with Gasteiger partial charge in [-0.1, -0.05) is 231 Å². The quantitative estimate of drug-likeness (QED) is 0.0273. The van der Waals surface area contributed by atoms with Crippen molar-refractivity contribution in [2.24, 2.45) is 0 Å². The van der Waals surface area contributed by atoms with E-state index in [1.807, 2.05) is 27.2 Å². The van der Waals surface area contributed by atoms with Crippen molar-refractivity contribution in [1.82, 2.24) is 5.32 Å². The Bertz CT molecular complexity index is 1030. The van der Waals surface area contributed by atoms with Crippen molar-refractivity contribution in [3.05, 3.63) is 24.3 Å². The Balaban J connectivity index is 4.14. The van der Waals surface area contributed by atoms with Crippen LogP contribution in [0.5, 0.6) is 0 Å². The van der Waals surface area contributed by atoms with Gasteiger partial charge in [-0.15, -0.1) is 0 Å². The van der Waals surface area contributed by atoms with Crippen molar-refractivity contribution in [2.75, 3.05) is 40.9 Å². The van der Waals surface area contributed by atoms with E-state index in [1.165, 1.54) is 186 Å². The number of aliphatic hydroxyl groups is 1. The number of carbonyl (C=O) groups excluding carboxylic acids is 1. The van der Waals surface area contributed by atoms with E-state index in [4.69, 9.17) is 9.05 Å². The molecule has 9 heteroatoms. The van der Waals surface area contributed by atoms with Crippen LogP contribution in [0.1, 0.15) is 245 Å². The zero-order valence-corrected chi connectivity index (χ0v) is 41.3. The van der Waals surface area contributed by atoms with Gasteiger partial charge < -0.3 is 28.8 Å². The molecule has 0 saturated carbocycles. The Kier molecular flexibility index (Phi) is 42.5. The van der Waals surface area contributed by atoms with Gasteiger partial charge in [0.05, 0.1) is 39.9 Å². The first-order chi connectivity index (χ1) is 29.0. The molecule has 3 unspecified atom stereocenters. The summed E-state index contributed by atoms with van der Waals surface area (Å²) in [5, 5.41) is 13.8. The third-order valence-corrected chi connectivity index (χ3v) is 12.6. The smallest absolute Gasteiger partial charge is 0.268 e. The molecule has 2 N–H and O–H groups in total. The number of carbonyl (C=O) groups is 1. The summed E-state index contributed by atoms with van der Waals surface area (Å²) < 4.78 is 23.2. The second kappa shape index (κ2) is 43.2. The van der Waals surface area contributed by atoms with Crippen LogP contribution in [0.3, 0.4) is 0 Å². The molecule has 8 nitrogen and oxygen atoms in total. The number of likely N-dealkylation sites (N-methyl/N-ethyl adjacent to an activating group) is 1. The number of phosphoric acid groups is 1. The first kappa shape index (κ1) is 59.0. The summed E-state index contributed by atoms with van der Waals surface area (Å²) >= 11 is 0. The third kappa shape index (κ3) is 45.0. The average molecular weight is 869 g/mol. The lowest BCUT2D eigenvalue weighted by atomic mass is 10.0. The number of hydrogen-bond donors (Lipinski definition) is 2. The summed E-state index contributed by atoms with van der Waals surface area (Å²) in [6, 6.07) is -0.898. The number of nitrogens with one attached hydrogen (secondary N) is 1. The highest BCUT2D eigenvalue weighted by Gasteiger charge is 2.23. The number of phosphoric ester groups is 1. The summed E-state index contributed by atoms with van der Waals surface area (Å²) in [7, 11) is 1.25. The Labute approximate surface area is 373 Å². The number of unbranched alkanes of at least 4 members (excludes halogenated alkanes) is 32. The monoisotopic (exact) mass is 869 g/mol. The van der Waals surface area contributed by atoms with E-state index in [0.717, 1.165) is 38.5 Å². The van der Waals surface area contributed by atoms with Crippen molar-refractivity contribution in [3.63, 3.8) is 0 Å². The van der Waals surface area contributed by atoms with Gasteiger partial charge in [-0.05, 0) is 32.1 Å². The number of rotatable bonds is 47. The molecule has 0 radical (unpaired) electrons. The molecule has 60 heavy (non-hydrogen) atoms. The Morgan fingerprint density at radius 2 is 0.933 bits per heavy atom. The molecular formula is C51H101N2O6P. The molecule has 0 aromatic carbocycles. The fourth-order valence-corrected chi connectivity index (χ4v) is 8.30. The highest BCUT2D eigenvalue weighted by atomic mass is 31.2. The molecule has 0 aliphatic carbocycles. The minimum absolute atomic E-state index is 0.00422. The summed E-state index contributed by atoms with van der Waals surface area (Å²) in [6.45, 7) is 4.63. The van der Waals surface area contributed by atoms with E-state index in [2.05, 4.69) is 31.3 Å². The van der Waals surface area contributed by atoms with E-state index < -0.39 is 20.0 Å². The summed E-state index contributed by atoms with van der Waals surface area (Å²) in [5.74, 6) is -0.204. The van der Waals surface area contributed by atoms with Crippen molar-refractivity contribution in [2.45, 2.75) is 257 Å². The topological polar surface area (TPSA) is 108 Å². The SMILES string of the molecule is CCCCCCCC/C=C/CC/C=C/C(O)C(COP(=O)([O-])OCC[N+](C)(C)C)NC(=O)CCCCCCCCCCCCCCCCCCCCCCCCCCCC. The molecule has 356 valence electrons. The molecule has 0 saturated heterocycles. The van der Waals surface area contributed by atoms with Crippen LogP contribution in [0.2, 0.25) is 0 Å². The van der Waals surface area contributed by atoms with Crippen LogP contribution >= 0.6 is 7.82 Å². The van der Waals surface area contributed by atoms with Gasteiger partial charge in [-0.2, -0.15) is 0 Å². The van der Waals surface area contributed by atoms with Gasteiger partial charge in [-0.3, -0.25) is 9.36 Å². The highest BCUT2D eigenvalue weighted by molar-refractivity contribution is 7.45. The highest BCUT2D eigenvalue weighted by Crippen LogP contribution is 2.38. The van der Waals surface area contributed by atoms with Gasteiger partial charge in [0.2, 0.25) is 5.91 Å². The van der Waals surface area contributed by atoms with Crippen LogP contribution in [0.15, 0.2) is 24.3 Å². The van der Waals surface area contributed by atoms with Crippen molar-refractivity contribution < 1.29 is 32.9 Å². The number of allylic oxidation sites excluding steroid dienone is 3. The molecule has 0 heterocycles. The van der Waals surface area contributed by atoms with Crippen molar-refractivity contribution >= 4 is 13.7 Å². The molecule has 0 spiro atoms. The van der Waals surface area contributed by atoms with Crippen LogP contribution in [0, 0.1) is 0 Å². The lowest BCUT2D eigenvalue weighted by Crippen LogP contribution is -2.45. The predicted octanol–water partition coefficient (Wildman–Crippen LogP) is 14.2. The first-order valence-electron chi connectivity index (χ1n) is 25.7. The summed E-state index contributed by atoms with van der Waals surface area (Å²) in [4.78, 5) is 25.3. The van der Waals surface area contributed by atoms with Gasteiger partial charge in [0, 0.05) is 6.42 Å². The zero-order chi connectivity index (χ0) is 44.3. The predicted molar refractivity (Wildman–Crippen MR) is 256 cm³/mol. The van der Waals surface area contributed by atoms with E-state index in [0.29, 0.717) is 17.4 Å². The molecule has 0 aliphatic heterocycles. The van der Waals surface area contributed by atoms with Crippen LogP contribution in [0.25, 0.3) is 0 Å². The maximum atomic E-state index is 12.9. The molecule has 0 fully saturated rings. The maximum Gasteiger partial charge on any atom is 0.268 e. The lowest BCUT2D eigenvalue weighted by Gasteiger charge is -2.29. The minimum atomic E-state index is -4.59. The molecule has 0 aromatic heterocycles. The molecule has 3 atom stereocenters. The fourth-order valence-electron chi connectivity index (χ4n) is 7.58. The zero-order valence-electron chi connectivity index (χ0n) is 40.4. The van der Waals surface area contributed by atoms with E-state index >= 15 is 0 Å². The molecule has 0 aromatic rings. The van der Waals surface area contributed by atoms with Crippen LogP contribution in [0.4, 0.5) is 0 Å². The largest absolute Gasteiger partial charge is 0.756 e. The number of hydrogen-bond acceptors (Lipinski definition) is 6. The van der Waals surface area contributed by atoms with Gasteiger partial charge in [0.1, 0.15) is 13.2 Å². The Morgan fingerprint density at radius 3 is 1.35 bits per heavy atom.